The van der Waals surface area contributed by atoms with E-state index in [0.29, 0.717) is 5.41 Å². The SMILES string of the molecule is CCCNCC1(OCCC(C)(C)C)CCC(C)CC1. The Balaban J connectivity index is 2.44. The van der Waals surface area contributed by atoms with Crippen molar-refractivity contribution in [3.05, 3.63) is 0 Å². The molecule has 0 radical (unpaired) electrons. The molecule has 0 saturated heterocycles. The highest BCUT2D eigenvalue weighted by Gasteiger charge is 2.34. The first-order valence-corrected chi connectivity index (χ1v) is 8.22. The van der Waals surface area contributed by atoms with E-state index in [4.69, 9.17) is 4.74 Å². The Bertz CT molecular complexity index is 236. The van der Waals surface area contributed by atoms with Gasteiger partial charge in [-0.15, -0.1) is 0 Å². The van der Waals surface area contributed by atoms with Crippen LogP contribution in [0.4, 0.5) is 0 Å². The van der Waals surface area contributed by atoms with Crippen molar-refractivity contribution in [3.8, 4) is 0 Å². The molecule has 0 unspecified atom stereocenters. The minimum absolute atomic E-state index is 0.118. The van der Waals surface area contributed by atoms with Crippen molar-refractivity contribution < 1.29 is 4.74 Å². The van der Waals surface area contributed by atoms with Crippen LogP contribution in [0, 0.1) is 11.3 Å². The van der Waals surface area contributed by atoms with Gasteiger partial charge in [0.2, 0.25) is 0 Å². The maximum Gasteiger partial charge on any atom is 0.0806 e. The zero-order chi connectivity index (χ0) is 14.4. The lowest BCUT2D eigenvalue weighted by Crippen LogP contribution is -2.46. The van der Waals surface area contributed by atoms with Crippen LogP contribution in [0.25, 0.3) is 0 Å². The number of hydrogen-bond donors (Lipinski definition) is 1. The van der Waals surface area contributed by atoms with Gasteiger partial charge in [-0.1, -0.05) is 34.6 Å². The van der Waals surface area contributed by atoms with E-state index in [2.05, 4.69) is 39.9 Å². The van der Waals surface area contributed by atoms with Gasteiger partial charge in [-0.05, 0) is 56.4 Å². The van der Waals surface area contributed by atoms with Crippen molar-refractivity contribution in [2.75, 3.05) is 19.7 Å². The molecule has 1 rings (SSSR count). The van der Waals surface area contributed by atoms with Crippen LogP contribution in [-0.4, -0.2) is 25.3 Å². The fourth-order valence-corrected chi connectivity index (χ4v) is 2.73. The molecule has 0 aromatic carbocycles. The normalized spacial score (nSPS) is 28.6. The van der Waals surface area contributed by atoms with E-state index in [1.807, 2.05) is 0 Å². The summed E-state index contributed by atoms with van der Waals surface area (Å²) in [4.78, 5) is 0. The van der Waals surface area contributed by atoms with E-state index in [1.54, 1.807) is 0 Å². The highest BCUT2D eigenvalue weighted by Crippen LogP contribution is 2.35. The lowest BCUT2D eigenvalue weighted by molar-refractivity contribution is -0.0814. The summed E-state index contributed by atoms with van der Waals surface area (Å²) >= 11 is 0. The molecular weight excluding hydrogens is 234 g/mol. The van der Waals surface area contributed by atoms with Crippen LogP contribution in [0.2, 0.25) is 0 Å². The molecule has 0 heterocycles. The molecule has 1 N–H and O–H groups in total. The van der Waals surface area contributed by atoms with Crippen LogP contribution in [0.1, 0.15) is 73.1 Å². The Morgan fingerprint density at radius 1 is 1.21 bits per heavy atom. The molecule has 2 nitrogen and oxygen atoms in total. The maximum absolute atomic E-state index is 6.38. The van der Waals surface area contributed by atoms with Gasteiger partial charge in [-0.25, -0.2) is 0 Å². The van der Waals surface area contributed by atoms with Crippen LogP contribution in [0.5, 0.6) is 0 Å². The molecule has 1 saturated carbocycles. The number of ether oxygens (including phenoxy) is 1. The summed E-state index contributed by atoms with van der Waals surface area (Å²) in [5, 5.41) is 3.58. The van der Waals surface area contributed by atoms with Crippen molar-refractivity contribution in [1.29, 1.82) is 0 Å². The highest BCUT2D eigenvalue weighted by molar-refractivity contribution is 4.88. The van der Waals surface area contributed by atoms with E-state index in [0.717, 1.165) is 32.0 Å². The van der Waals surface area contributed by atoms with Gasteiger partial charge in [0.25, 0.3) is 0 Å². The van der Waals surface area contributed by atoms with Gasteiger partial charge >= 0.3 is 0 Å². The predicted octanol–water partition coefficient (Wildman–Crippen LogP) is 4.39. The summed E-state index contributed by atoms with van der Waals surface area (Å²) in [6.45, 7) is 14.5. The first-order chi connectivity index (χ1) is 8.87. The first-order valence-electron chi connectivity index (χ1n) is 8.22. The predicted molar refractivity (Wildman–Crippen MR) is 83.5 cm³/mol. The first kappa shape index (κ1) is 17.0. The molecule has 1 aliphatic rings. The van der Waals surface area contributed by atoms with Gasteiger partial charge in [0.1, 0.15) is 0 Å². The average molecular weight is 269 g/mol. The molecule has 2 heteroatoms. The topological polar surface area (TPSA) is 21.3 Å². The monoisotopic (exact) mass is 269 g/mol. The number of hydrogen-bond acceptors (Lipinski definition) is 2. The quantitative estimate of drug-likeness (QED) is 0.692. The Hall–Kier alpha value is -0.0800. The third-order valence-corrected chi connectivity index (χ3v) is 4.32. The zero-order valence-electron chi connectivity index (χ0n) is 13.8. The second-order valence-electron chi connectivity index (χ2n) is 7.70. The zero-order valence-corrected chi connectivity index (χ0v) is 13.8. The fourth-order valence-electron chi connectivity index (χ4n) is 2.73. The molecule has 0 aromatic heterocycles. The summed E-state index contributed by atoms with van der Waals surface area (Å²) in [5.74, 6) is 0.880. The summed E-state index contributed by atoms with van der Waals surface area (Å²) < 4.78 is 6.38. The van der Waals surface area contributed by atoms with E-state index in [1.165, 1.54) is 32.1 Å². The van der Waals surface area contributed by atoms with Crippen molar-refractivity contribution in [1.82, 2.24) is 5.32 Å². The fraction of sp³-hybridized carbons (Fsp3) is 1.00. The molecule has 0 aliphatic heterocycles. The van der Waals surface area contributed by atoms with Gasteiger partial charge < -0.3 is 10.1 Å². The number of nitrogens with one attached hydrogen (secondary N) is 1. The Kier molecular flexibility index (Phi) is 6.82. The molecule has 0 bridgehead atoms. The minimum Gasteiger partial charge on any atom is -0.374 e. The molecule has 114 valence electrons. The third-order valence-electron chi connectivity index (χ3n) is 4.32. The summed E-state index contributed by atoms with van der Waals surface area (Å²) in [6, 6.07) is 0. The second kappa shape index (κ2) is 7.64. The largest absolute Gasteiger partial charge is 0.374 e. The molecule has 1 fully saturated rings. The molecule has 1 aliphatic carbocycles. The number of rotatable bonds is 7. The van der Waals surface area contributed by atoms with Gasteiger partial charge in [0, 0.05) is 13.2 Å². The van der Waals surface area contributed by atoms with Crippen LogP contribution in [-0.2, 0) is 4.74 Å². The third kappa shape index (κ3) is 6.76. The molecular formula is C17H35NO. The standard InChI is InChI=1S/C17H35NO/c1-6-12-18-14-17(9-7-15(2)8-10-17)19-13-11-16(3,4)5/h15,18H,6-14H2,1-5H3. The van der Waals surface area contributed by atoms with Crippen LogP contribution < -0.4 is 5.32 Å². The van der Waals surface area contributed by atoms with Crippen molar-refractivity contribution in [2.24, 2.45) is 11.3 Å². The van der Waals surface area contributed by atoms with Crippen LogP contribution in [0.15, 0.2) is 0 Å². The van der Waals surface area contributed by atoms with Gasteiger partial charge in [0.15, 0.2) is 0 Å². The van der Waals surface area contributed by atoms with Crippen molar-refractivity contribution >= 4 is 0 Å². The van der Waals surface area contributed by atoms with Gasteiger partial charge in [0.05, 0.1) is 5.60 Å². The van der Waals surface area contributed by atoms with E-state index in [9.17, 15) is 0 Å². The van der Waals surface area contributed by atoms with Crippen LogP contribution in [0.3, 0.4) is 0 Å². The maximum atomic E-state index is 6.38. The van der Waals surface area contributed by atoms with E-state index in [-0.39, 0.29) is 5.60 Å². The Morgan fingerprint density at radius 3 is 2.37 bits per heavy atom. The summed E-state index contributed by atoms with van der Waals surface area (Å²) in [6.07, 6.45) is 7.46. The summed E-state index contributed by atoms with van der Waals surface area (Å²) in [7, 11) is 0. The van der Waals surface area contributed by atoms with E-state index >= 15 is 0 Å². The lowest BCUT2D eigenvalue weighted by Gasteiger charge is -2.40. The van der Waals surface area contributed by atoms with Gasteiger partial charge in [-0.3, -0.25) is 0 Å². The molecule has 0 atom stereocenters. The second-order valence-corrected chi connectivity index (χ2v) is 7.70. The minimum atomic E-state index is 0.118. The lowest BCUT2D eigenvalue weighted by atomic mass is 9.79. The van der Waals surface area contributed by atoms with E-state index < -0.39 is 0 Å². The average Bonchev–Trinajstić information content (AvgIpc) is 2.32. The summed E-state index contributed by atoms with van der Waals surface area (Å²) in [5.41, 5.74) is 0.493. The highest BCUT2D eigenvalue weighted by atomic mass is 16.5. The Labute approximate surface area is 120 Å². The smallest absolute Gasteiger partial charge is 0.0806 e. The van der Waals surface area contributed by atoms with Gasteiger partial charge in [-0.2, -0.15) is 0 Å². The van der Waals surface area contributed by atoms with Crippen molar-refractivity contribution in [2.45, 2.75) is 78.7 Å². The molecule has 0 aromatic rings. The molecule has 0 amide bonds. The molecule has 0 spiro atoms. The molecule has 19 heavy (non-hydrogen) atoms. The Morgan fingerprint density at radius 2 is 1.84 bits per heavy atom. The van der Waals surface area contributed by atoms with Crippen molar-refractivity contribution in [3.63, 3.8) is 0 Å². The van der Waals surface area contributed by atoms with Crippen LogP contribution >= 0.6 is 0 Å².